The summed E-state index contributed by atoms with van der Waals surface area (Å²) in [4.78, 5) is 11.7. The molecule has 0 saturated carbocycles. The third-order valence-electron chi connectivity index (χ3n) is 5.42. The summed E-state index contributed by atoms with van der Waals surface area (Å²) in [6.07, 6.45) is -15.8. The number of carbonyl (C=O) groups is 1. The molecule has 0 bridgehead atoms. The minimum absolute atomic E-state index is 0.396. The maximum absolute atomic E-state index is 11.7. The van der Waals surface area contributed by atoms with Gasteiger partial charge in [-0.05, 0) is 6.92 Å². The number of carbonyl (C=O) groups excluding carboxylic acids is 1. The first-order chi connectivity index (χ1) is 17.3. The third kappa shape index (κ3) is 9.01. The average molecular weight is 544 g/mol. The molecule has 0 aromatic rings. The predicted octanol–water partition coefficient (Wildman–Crippen LogP) is -3.75. The van der Waals surface area contributed by atoms with Gasteiger partial charge in [-0.15, -0.1) is 0 Å². The van der Waals surface area contributed by atoms with Crippen molar-refractivity contribution in [1.29, 1.82) is 0 Å². The van der Waals surface area contributed by atoms with E-state index in [-0.39, 0.29) is 0 Å². The quantitative estimate of drug-likeness (QED) is 0.0740. The average Bonchev–Trinajstić information content (AvgIpc) is 2.85. The van der Waals surface area contributed by atoms with Crippen LogP contribution in [0.25, 0.3) is 0 Å². The third-order valence-corrected chi connectivity index (χ3v) is 5.42. The molecule has 1 amide bonds. The van der Waals surface area contributed by atoms with Crippen molar-refractivity contribution in [3.05, 3.63) is 23.0 Å². The SMILES string of the molecule is CC(=O)N/C(=C(\O)[C@@H](CCO)O[C@H](O)/C(O)=C(\O)[C@@H](O)CCO)[C@@H](O)OC1C(O)[C@H](O)C(CO)O[C@@H]1C. The molecule has 37 heavy (non-hydrogen) atoms. The molecule has 1 aliphatic rings. The van der Waals surface area contributed by atoms with E-state index >= 15 is 0 Å². The Kier molecular flexibility index (Phi) is 13.7. The number of hydrogen-bond donors (Lipinski definition) is 12. The van der Waals surface area contributed by atoms with Gasteiger partial charge in [-0.3, -0.25) is 4.79 Å². The minimum Gasteiger partial charge on any atom is -0.507 e. The van der Waals surface area contributed by atoms with Gasteiger partial charge < -0.3 is 75.7 Å². The number of rotatable bonds is 14. The molecule has 12 N–H and O–H groups in total. The summed E-state index contributed by atoms with van der Waals surface area (Å²) >= 11 is 0. The molecule has 3 unspecified atom stereocenters. The van der Waals surface area contributed by atoms with Crippen LogP contribution in [0, 0.1) is 0 Å². The molecular formula is C21H37NO15. The van der Waals surface area contributed by atoms with Gasteiger partial charge in [0.2, 0.25) is 12.2 Å². The van der Waals surface area contributed by atoms with Gasteiger partial charge in [0.1, 0.15) is 48.1 Å². The van der Waals surface area contributed by atoms with Crippen LogP contribution in [-0.2, 0) is 19.0 Å². The Bertz CT molecular complexity index is 790. The molecule has 0 aromatic heterocycles. The maximum Gasteiger partial charge on any atom is 0.221 e. The number of ether oxygens (including phenoxy) is 3. The zero-order valence-electron chi connectivity index (χ0n) is 20.3. The fourth-order valence-corrected chi connectivity index (χ4v) is 3.46. The summed E-state index contributed by atoms with van der Waals surface area (Å²) in [6.45, 7) is 0.532. The van der Waals surface area contributed by atoms with Gasteiger partial charge in [0.25, 0.3) is 0 Å². The van der Waals surface area contributed by atoms with Crippen LogP contribution in [0.1, 0.15) is 26.7 Å². The van der Waals surface area contributed by atoms with Gasteiger partial charge in [0.15, 0.2) is 17.8 Å². The zero-order chi connectivity index (χ0) is 28.4. The van der Waals surface area contributed by atoms with Gasteiger partial charge in [-0.1, -0.05) is 0 Å². The Morgan fingerprint density at radius 1 is 0.919 bits per heavy atom. The first-order valence-electron chi connectivity index (χ1n) is 11.3. The normalized spacial score (nSPS) is 29.0. The summed E-state index contributed by atoms with van der Waals surface area (Å²) in [7, 11) is 0. The van der Waals surface area contributed by atoms with Crippen molar-refractivity contribution in [3.63, 3.8) is 0 Å². The van der Waals surface area contributed by atoms with E-state index in [2.05, 4.69) is 5.32 Å². The minimum atomic E-state index is -2.39. The van der Waals surface area contributed by atoms with E-state index < -0.39 is 117 Å². The van der Waals surface area contributed by atoms with Crippen LogP contribution in [0.5, 0.6) is 0 Å². The Morgan fingerprint density at radius 2 is 1.51 bits per heavy atom. The van der Waals surface area contributed by atoms with Crippen LogP contribution in [0.4, 0.5) is 0 Å². The number of amides is 1. The fraction of sp³-hybridized carbons (Fsp3) is 0.762. The molecule has 0 spiro atoms. The highest BCUT2D eigenvalue weighted by Gasteiger charge is 2.44. The van der Waals surface area contributed by atoms with Crippen molar-refractivity contribution >= 4 is 5.91 Å². The molecule has 9 atom stereocenters. The second kappa shape index (κ2) is 15.4. The topological polar surface area (TPSA) is 279 Å². The second-order valence-electron chi connectivity index (χ2n) is 8.26. The highest BCUT2D eigenvalue weighted by atomic mass is 16.6. The molecular weight excluding hydrogens is 506 g/mol. The highest BCUT2D eigenvalue weighted by molar-refractivity contribution is 5.75. The van der Waals surface area contributed by atoms with E-state index in [1.807, 2.05) is 0 Å². The lowest BCUT2D eigenvalue weighted by Gasteiger charge is -2.41. The van der Waals surface area contributed by atoms with Crippen molar-refractivity contribution in [2.45, 2.75) is 82.0 Å². The van der Waals surface area contributed by atoms with Crippen molar-refractivity contribution in [3.8, 4) is 0 Å². The predicted molar refractivity (Wildman–Crippen MR) is 120 cm³/mol. The summed E-state index contributed by atoms with van der Waals surface area (Å²) < 4.78 is 15.7. The van der Waals surface area contributed by atoms with Gasteiger partial charge in [0.05, 0.1) is 12.7 Å². The summed E-state index contributed by atoms with van der Waals surface area (Å²) in [5, 5.41) is 111. The lowest BCUT2D eigenvalue weighted by Crippen LogP contribution is -2.59. The lowest BCUT2D eigenvalue weighted by atomic mass is 9.95. The molecule has 0 radical (unpaired) electrons. The first-order valence-corrected chi connectivity index (χ1v) is 11.3. The Morgan fingerprint density at radius 3 is 2.03 bits per heavy atom. The van der Waals surface area contributed by atoms with Crippen LogP contribution in [0.15, 0.2) is 23.0 Å². The zero-order valence-corrected chi connectivity index (χ0v) is 20.3. The number of aliphatic hydroxyl groups excluding tert-OH is 11. The molecule has 16 nitrogen and oxygen atoms in total. The summed E-state index contributed by atoms with van der Waals surface area (Å²) in [5.74, 6) is -4.25. The van der Waals surface area contributed by atoms with Crippen LogP contribution in [0.3, 0.4) is 0 Å². The van der Waals surface area contributed by atoms with Crippen molar-refractivity contribution in [2.24, 2.45) is 0 Å². The van der Waals surface area contributed by atoms with Crippen LogP contribution >= 0.6 is 0 Å². The molecule has 0 aromatic carbocycles. The second-order valence-corrected chi connectivity index (χ2v) is 8.26. The van der Waals surface area contributed by atoms with E-state index in [1.54, 1.807) is 0 Å². The Hall–Kier alpha value is -2.09. The fourth-order valence-electron chi connectivity index (χ4n) is 3.46. The van der Waals surface area contributed by atoms with Crippen LogP contribution < -0.4 is 5.32 Å². The van der Waals surface area contributed by atoms with Gasteiger partial charge in [-0.25, -0.2) is 0 Å². The van der Waals surface area contributed by atoms with Gasteiger partial charge >= 0.3 is 0 Å². The standard InChI is InChI=1S/C21H37NO15/c1-8-19(17(31)16(30)12(7-25)35-8)37-20(33)13(22-9(2)26)15(29)11(4-6-24)36-21(34)18(32)14(28)10(27)3-5-23/h8,10-12,16-17,19-21,23-25,27-34H,3-7H2,1-2H3,(H,22,26)/b15-13-,18-14+/t8-,10+,11-,12?,16-,17?,19?,20+,21+/m1/s1. The van der Waals surface area contributed by atoms with Crippen molar-refractivity contribution < 1.29 is 75.2 Å². The molecule has 216 valence electrons. The Labute approximate surface area is 211 Å². The largest absolute Gasteiger partial charge is 0.507 e. The smallest absolute Gasteiger partial charge is 0.221 e. The van der Waals surface area contributed by atoms with Crippen molar-refractivity contribution in [1.82, 2.24) is 5.32 Å². The first kappa shape index (κ1) is 32.9. The molecule has 1 aliphatic heterocycles. The van der Waals surface area contributed by atoms with E-state index in [9.17, 15) is 55.9 Å². The highest BCUT2D eigenvalue weighted by Crippen LogP contribution is 2.26. The van der Waals surface area contributed by atoms with Crippen molar-refractivity contribution in [2.75, 3.05) is 19.8 Å². The van der Waals surface area contributed by atoms with Crippen LogP contribution in [-0.4, -0.2) is 137 Å². The van der Waals surface area contributed by atoms with E-state index in [1.165, 1.54) is 6.92 Å². The molecule has 1 heterocycles. The lowest BCUT2D eigenvalue weighted by molar-refractivity contribution is -0.264. The Balaban J connectivity index is 3.25. The molecule has 1 fully saturated rings. The molecule has 1 saturated heterocycles. The van der Waals surface area contributed by atoms with E-state index in [4.69, 9.17) is 19.3 Å². The molecule has 16 heteroatoms. The maximum atomic E-state index is 11.7. The number of nitrogens with one attached hydrogen (secondary N) is 1. The monoisotopic (exact) mass is 543 g/mol. The summed E-state index contributed by atoms with van der Waals surface area (Å²) in [6, 6.07) is 0. The van der Waals surface area contributed by atoms with Gasteiger partial charge in [0, 0.05) is 33.0 Å². The number of hydrogen-bond acceptors (Lipinski definition) is 15. The van der Waals surface area contributed by atoms with Crippen LogP contribution in [0.2, 0.25) is 0 Å². The van der Waals surface area contributed by atoms with Gasteiger partial charge in [-0.2, -0.15) is 0 Å². The van der Waals surface area contributed by atoms with E-state index in [0.717, 1.165) is 6.92 Å². The molecule has 1 rings (SSSR count). The number of aliphatic hydroxyl groups is 11. The summed E-state index contributed by atoms with van der Waals surface area (Å²) in [5.41, 5.74) is -0.760. The van der Waals surface area contributed by atoms with E-state index in [0.29, 0.717) is 0 Å². The molecule has 0 aliphatic carbocycles.